The van der Waals surface area contributed by atoms with E-state index in [1.165, 1.54) is 0 Å². The Bertz CT molecular complexity index is 404. The number of aryl methyl sites for hydroxylation is 1. The van der Waals surface area contributed by atoms with E-state index in [1.54, 1.807) is 19.1 Å². The van der Waals surface area contributed by atoms with Gasteiger partial charge in [0.1, 0.15) is 5.82 Å². The number of hydrogen-bond acceptors (Lipinski definition) is 3. The molecule has 4 heteroatoms. The summed E-state index contributed by atoms with van der Waals surface area (Å²) in [5, 5.41) is 8.93. The lowest BCUT2D eigenvalue weighted by Gasteiger charge is -2.22. The molecule has 0 saturated heterocycles. The zero-order valence-corrected chi connectivity index (χ0v) is 10.9. The van der Waals surface area contributed by atoms with Crippen molar-refractivity contribution in [1.82, 2.24) is 4.98 Å². The molecule has 0 bridgehead atoms. The molecule has 0 fully saturated rings. The molecule has 0 aliphatic carbocycles. The summed E-state index contributed by atoms with van der Waals surface area (Å²) in [7, 11) is 1.98. The number of carbonyl (C=O) groups is 1. The number of pyridine rings is 1. The third-order valence-corrected chi connectivity index (χ3v) is 2.98. The van der Waals surface area contributed by atoms with Gasteiger partial charge in [-0.1, -0.05) is 20.3 Å². The molecule has 1 N–H and O–H groups in total. The second kappa shape index (κ2) is 5.66. The smallest absolute Gasteiger partial charge is 0.337 e. The molecular weight excluding hydrogens is 216 g/mol. The molecule has 0 aromatic carbocycles. The maximum absolute atomic E-state index is 10.9. The first-order valence-corrected chi connectivity index (χ1v) is 5.87. The highest BCUT2D eigenvalue weighted by atomic mass is 16.4. The lowest BCUT2D eigenvalue weighted by atomic mass is 10.1. The van der Waals surface area contributed by atoms with Gasteiger partial charge in [0.25, 0.3) is 0 Å². The van der Waals surface area contributed by atoms with Gasteiger partial charge >= 0.3 is 5.97 Å². The predicted molar refractivity (Wildman–Crippen MR) is 68.7 cm³/mol. The molecule has 0 spiro atoms. The Hall–Kier alpha value is -1.58. The van der Waals surface area contributed by atoms with Crippen LogP contribution < -0.4 is 4.90 Å². The van der Waals surface area contributed by atoms with Crippen molar-refractivity contribution in [2.75, 3.05) is 18.5 Å². The van der Waals surface area contributed by atoms with Crippen molar-refractivity contribution in [3.8, 4) is 0 Å². The molecule has 0 aliphatic heterocycles. The Labute approximate surface area is 102 Å². The van der Waals surface area contributed by atoms with Crippen LogP contribution in [-0.2, 0) is 0 Å². The van der Waals surface area contributed by atoms with Crippen LogP contribution in [0.1, 0.15) is 36.3 Å². The summed E-state index contributed by atoms with van der Waals surface area (Å²) < 4.78 is 0. The van der Waals surface area contributed by atoms with Gasteiger partial charge in [0.05, 0.1) is 11.3 Å². The summed E-state index contributed by atoms with van der Waals surface area (Å²) >= 11 is 0. The van der Waals surface area contributed by atoms with Crippen molar-refractivity contribution in [1.29, 1.82) is 0 Å². The number of nitrogens with zero attached hydrogens (tertiary/aromatic N) is 2. The fourth-order valence-corrected chi connectivity index (χ4v) is 1.68. The van der Waals surface area contributed by atoms with Crippen molar-refractivity contribution in [3.05, 3.63) is 23.4 Å². The van der Waals surface area contributed by atoms with Crippen molar-refractivity contribution in [2.24, 2.45) is 5.92 Å². The zero-order valence-electron chi connectivity index (χ0n) is 10.9. The van der Waals surface area contributed by atoms with Gasteiger partial charge in [-0.15, -0.1) is 0 Å². The third-order valence-electron chi connectivity index (χ3n) is 2.98. The number of carboxylic acid groups (broad SMARTS) is 1. The Morgan fingerprint density at radius 2 is 2.18 bits per heavy atom. The minimum absolute atomic E-state index is 0.269. The van der Waals surface area contributed by atoms with Crippen LogP contribution in [0.2, 0.25) is 0 Å². The summed E-state index contributed by atoms with van der Waals surface area (Å²) in [6, 6.07) is 3.38. The minimum Gasteiger partial charge on any atom is -0.478 e. The number of rotatable bonds is 5. The SMILES string of the molecule is CCC(C)CN(C)c1ccc(C(=O)O)c(C)n1. The molecule has 1 rings (SSSR count). The summed E-state index contributed by atoms with van der Waals surface area (Å²) in [6.07, 6.45) is 1.12. The monoisotopic (exact) mass is 236 g/mol. The van der Waals surface area contributed by atoms with Gasteiger partial charge in [-0.3, -0.25) is 0 Å². The highest BCUT2D eigenvalue weighted by molar-refractivity contribution is 5.89. The van der Waals surface area contributed by atoms with Crippen LogP contribution in [0, 0.1) is 12.8 Å². The molecule has 1 atom stereocenters. The van der Waals surface area contributed by atoms with E-state index in [-0.39, 0.29) is 5.56 Å². The third kappa shape index (κ3) is 3.44. The molecule has 0 amide bonds. The molecule has 0 radical (unpaired) electrons. The fourth-order valence-electron chi connectivity index (χ4n) is 1.68. The standard InChI is InChI=1S/C13H20N2O2/c1-5-9(2)8-15(4)12-7-6-11(13(16)17)10(3)14-12/h6-7,9H,5,8H2,1-4H3,(H,16,17). The quantitative estimate of drug-likeness (QED) is 0.853. The number of carboxylic acids is 1. The van der Waals surface area contributed by atoms with Crippen LogP contribution in [0.15, 0.2) is 12.1 Å². The topological polar surface area (TPSA) is 53.4 Å². The van der Waals surface area contributed by atoms with Gasteiger partial charge in [-0.25, -0.2) is 9.78 Å². The Morgan fingerprint density at radius 3 is 2.65 bits per heavy atom. The second-order valence-electron chi connectivity index (χ2n) is 4.50. The summed E-state index contributed by atoms with van der Waals surface area (Å²) in [5.41, 5.74) is 0.830. The molecule has 0 aliphatic rings. The van der Waals surface area contributed by atoms with Gasteiger partial charge in [0, 0.05) is 13.6 Å². The average Bonchev–Trinajstić information content (AvgIpc) is 2.28. The van der Waals surface area contributed by atoms with E-state index in [2.05, 4.69) is 23.7 Å². The van der Waals surface area contributed by atoms with E-state index in [4.69, 9.17) is 5.11 Å². The van der Waals surface area contributed by atoms with Crippen LogP contribution in [-0.4, -0.2) is 29.7 Å². The van der Waals surface area contributed by atoms with Crippen molar-refractivity contribution >= 4 is 11.8 Å². The first-order chi connectivity index (χ1) is 7.95. The lowest BCUT2D eigenvalue weighted by molar-refractivity contribution is 0.0695. The van der Waals surface area contributed by atoms with Gasteiger partial charge in [-0.2, -0.15) is 0 Å². The van der Waals surface area contributed by atoms with Crippen LogP contribution >= 0.6 is 0 Å². The Kier molecular flexibility index (Phi) is 4.49. The first kappa shape index (κ1) is 13.5. The van der Waals surface area contributed by atoms with E-state index in [0.29, 0.717) is 11.6 Å². The predicted octanol–water partition coefficient (Wildman–Crippen LogP) is 2.57. The largest absolute Gasteiger partial charge is 0.478 e. The van der Waals surface area contributed by atoms with Crippen LogP contribution in [0.3, 0.4) is 0 Å². The van der Waals surface area contributed by atoms with E-state index < -0.39 is 5.97 Å². The van der Waals surface area contributed by atoms with E-state index in [0.717, 1.165) is 18.8 Å². The normalized spacial score (nSPS) is 12.2. The summed E-state index contributed by atoms with van der Waals surface area (Å²) in [5.74, 6) is 0.500. The Morgan fingerprint density at radius 1 is 1.53 bits per heavy atom. The minimum atomic E-state index is -0.925. The average molecular weight is 236 g/mol. The molecule has 1 heterocycles. The van der Waals surface area contributed by atoms with Gasteiger partial charge in [0.15, 0.2) is 0 Å². The highest BCUT2D eigenvalue weighted by Crippen LogP contribution is 2.15. The van der Waals surface area contributed by atoms with Crippen LogP contribution in [0.5, 0.6) is 0 Å². The van der Waals surface area contributed by atoms with E-state index in [9.17, 15) is 4.79 Å². The molecule has 17 heavy (non-hydrogen) atoms. The fraction of sp³-hybridized carbons (Fsp3) is 0.538. The molecule has 1 unspecified atom stereocenters. The second-order valence-corrected chi connectivity index (χ2v) is 4.50. The number of aromatic nitrogens is 1. The summed E-state index contributed by atoms with van der Waals surface area (Å²) in [4.78, 5) is 17.3. The number of aromatic carboxylic acids is 1. The zero-order chi connectivity index (χ0) is 13.0. The van der Waals surface area contributed by atoms with Crippen molar-refractivity contribution in [2.45, 2.75) is 27.2 Å². The van der Waals surface area contributed by atoms with Gasteiger partial charge < -0.3 is 10.0 Å². The lowest BCUT2D eigenvalue weighted by Crippen LogP contribution is -2.24. The van der Waals surface area contributed by atoms with Gasteiger partial charge in [0.2, 0.25) is 0 Å². The molecule has 1 aromatic heterocycles. The van der Waals surface area contributed by atoms with E-state index >= 15 is 0 Å². The molecule has 4 nitrogen and oxygen atoms in total. The van der Waals surface area contributed by atoms with E-state index in [1.807, 2.05) is 7.05 Å². The highest BCUT2D eigenvalue weighted by Gasteiger charge is 2.11. The van der Waals surface area contributed by atoms with Crippen molar-refractivity contribution < 1.29 is 9.90 Å². The molecule has 94 valence electrons. The van der Waals surface area contributed by atoms with Crippen molar-refractivity contribution in [3.63, 3.8) is 0 Å². The van der Waals surface area contributed by atoms with Gasteiger partial charge in [-0.05, 0) is 25.0 Å². The Balaban J connectivity index is 2.86. The molecule has 1 aromatic rings. The van der Waals surface area contributed by atoms with Crippen LogP contribution in [0.4, 0.5) is 5.82 Å². The first-order valence-electron chi connectivity index (χ1n) is 5.87. The maximum Gasteiger partial charge on any atom is 0.337 e. The maximum atomic E-state index is 10.9. The van der Waals surface area contributed by atoms with Crippen LogP contribution in [0.25, 0.3) is 0 Å². The summed E-state index contributed by atoms with van der Waals surface area (Å²) in [6.45, 7) is 7.00. The number of anilines is 1. The molecular formula is C13H20N2O2. The number of hydrogen-bond donors (Lipinski definition) is 1. The molecule has 0 saturated carbocycles.